The number of hydrogen-bond acceptors (Lipinski definition) is 2. The number of rotatable bonds is 3. The van der Waals surface area contributed by atoms with Gasteiger partial charge in [0, 0.05) is 10.5 Å². The number of nitrogens with one attached hydrogen (secondary N) is 1. The molecule has 0 bridgehead atoms. The molecule has 20 heavy (non-hydrogen) atoms. The largest absolute Gasteiger partial charge is 0.497 e. The molecule has 0 amide bonds. The minimum absolute atomic E-state index is 0.378. The van der Waals surface area contributed by atoms with E-state index < -0.39 is 0 Å². The van der Waals surface area contributed by atoms with Crippen LogP contribution < -0.4 is 10.1 Å². The van der Waals surface area contributed by atoms with Crippen LogP contribution in [0.1, 0.15) is 22.7 Å². The van der Waals surface area contributed by atoms with Gasteiger partial charge in [0.15, 0.2) is 0 Å². The molecule has 1 atom stereocenters. The van der Waals surface area contributed by atoms with Gasteiger partial charge >= 0.3 is 0 Å². The summed E-state index contributed by atoms with van der Waals surface area (Å²) >= 11 is 3.64. The number of methoxy groups -OCH3 is 1. The van der Waals surface area contributed by atoms with Crippen molar-refractivity contribution in [2.24, 2.45) is 0 Å². The quantitative estimate of drug-likeness (QED) is 0.921. The fourth-order valence-corrected chi connectivity index (χ4v) is 3.24. The second kappa shape index (κ2) is 5.98. The maximum absolute atomic E-state index is 5.33. The van der Waals surface area contributed by atoms with E-state index in [1.54, 1.807) is 7.11 Å². The zero-order valence-electron chi connectivity index (χ0n) is 11.5. The maximum Gasteiger partial charge on any atom is 0.119 e. The van der Waals surface area contributed by atoms with Crippen LogP contribution in [0.4, 0.5) is 0 Å². The zero-order chi connectivity index (χ0) is 13.9. The van der Waals surface area contributed by atoms with E-state index in [9.17, 15) is 0 Å². The van der Waals surface area contributed by atoms with Gasteiger partial charge in [0.25, 0.3) is 0 Å². The monoisotopic (exact) mass is 331 g/mol. The molecule has 0 saturated carbocycles. The molecule has 2 nitrogen and oxygen atoms in total. The molecule has 0 fully saturated rings. The van der Waals surface area contributed by atoms with Crippen molar-refractivity contribution in [3.63, 3.8) is 0 Å². The Morgan fingerprint density at radius 3 is 2.95 bits per heavy atom. The van der Waals surface area contributed by atoms with Gasteiger partial charge in [-0.2, -0.15) is 0 Å². The van der Waals surface area contributed by atoms with Crippen molar-refractivity contribution in [3.8, 4) is 5.75 Å². The Morgan fingerprint density at radius 2 is 2.10 bits per heavy atom. The number of ether oxygens (including phenoxy) is 1. The Balaban J connectivity index is 1.89. The van der Waals surface area contributed by atoms with E-state index in [1.165, 1.54) is 16.7 Å². The molecule has 3 rings (SSSR count). The maximum atomic E-state index is 5.33. The van der Waals surface area contributed by atoms with Gasteiger partial charge in [0.1, 0.15) is 5.75 Å². The van der Waals surface area contributed by atoms with Gasteiger partial charge in [0.2, 0.25) is 0 Å². The Kier molecular flexibility index (Phi) is 4.08. The van der Waals surface area contributed by atoms with E-state index in [4.69, 9.17) is 4.74 Å². The summed E-state index contributed by atoms with van der Waals surface area (Å²) in [6, 6.07) is 15.3. The van der Waals surface area contributed by atoms with E-state index in [0.29, 0.717) is 6.04 Å². The second-order valence-corrected chi connectivity index (χ2v) is 5.97. The average molecular weight is 332 g/mol. The molecule has 0 aliphatic carbocycles. The Labute approximate surface area is 128 Å². The first-order valence-corrected chi connectivity index (χ1v) is 7.71. The molecule has 2 aromatic rings. The topological polar surface area (TPSA) is 21.3 Å². The van der Waals surface area contributed by atoms with Gasteiger partial charge in [-0.05, 0) is 54.3 Å². The molecular formula is C17H18BrNO. The van der Waals surface area contributed by atoms with Crippen molar-refractivity contribution in [2.45, 2.75) is 18.9 Å². The highest BCUT2D eigenvalue weighted by atomic mass is 79.9. The lowest BCUT2D eigenvalue weighted by Gasteiger charge is -2.27. The Hall–Kier alpha value is -1.32. The van der Waals surface area contributed by atoms with E-state index >= 15 is 0 Å². The lowest BCUT2D eigenvalue weighted by atomic mass is 9.90. The molecule has 2 aromatic carbocycles. The molecule has 0 radical (unpaired) electrons. The lowest BCUT2D eigenvalue weighted by Crippen LogP contribution is -2.31. The van der Waals surface area contributed by atoms with Gasteiger partial charge in [-0.1, -0.05) is 40.2 Å². The average Bonchev–Trinajstić information content (AvgIpc) is 2.50. The SMILES string of the molecule is COc1ccc(Br)c(CC2NCCc3ccccc32)c1. The van der Waals surface area contributed by atoms with Gasteiger partial charge < -0.3 is 10.1 Å². The first kappa shape index (κ1) is 13.7. The molecule has 0 spiro atoms. The highest BCUT2D eigenvalue weighted by Crippen LogP contribution is 2.30. The molecule has 3 heteroatoms. The Bertz CT molecular complexity index is 612. The minimum Gasteiger partial charge on any atom is -0.497 e. The smallest absolute Gasteiger partial charge is 0.119 e. The number of hydrogen-bond donors (Lipinski definition) is 1. The van der Waals surface area contributed by atoms with Crippen molar-refractivity contribution in [2.75, 3.05) is 13.7 Å². The fraction of sp³-hybridized carbons (Fsp3) is 0.294. The predicted octanol–water partition coefficient (Wildman–Crippen LogP) is 3.89. The molecule has 104 valence electrons. The minimum atomic E-state index is 0.378. The van der Waals surface area contributed by atoms with E-state index in [0.717, 1.165) is 29.6 Å². The van der Waals surface area contributed by atoms with Crippen molar-refractivity contribution in [1.82, 2.24) is 5.32 Å². The van der Waals surface area contributed by atoms with Gasteiger partial charge in [-0.3, -0.25) is 0 Å². The van der Waals surface area contributed by atoms with Gasteiger partial charge in [-0.15, -0.1) is 0 Å². The number of benzene rings is 2. The molecule has 0 saturated heterocycles. The van der Waals surface area contributed by atoms with Crippen molar-refractivity contribution >= 4 is 15.9 Å². The van der Waals surface area contributed by atoms with Crippen LogP contribution in [0.15, 0.2) is 46.9 Å². The standard InChI is InChI=1S/C17H18BrNO/c1-20-14-6-7-16(18)13(10-14)11-17-15-5-3-2-4-12(15)8-9-19-17/h2-7,10,17,19H,8-9,11H2,1H3. The zero-order valence-corrected chi connectivity index (χ0v) is 13.1. The fourth-order valence-electron chi connectivity index (χ4n) is 2.83. The molecule has 1 aliphatic heterocycles. The lowest BCUT2D eigenvalue weighted by molar-refractivity contribution is 0.413. The summed E-state index contributed by atoms with van der Waals surface area (Å²) < 4.78 is 6.47. The van der Waals surface area contributed by atoms with E-state index in [2.05, 4.69) is 57.6 Å². The van der Waals surface area contributed by atoms with Gasteiger partial charge in [-0.25, -0.2) is 0 Å². The van der Waals surface area contributed by atoms with Crippen LogP contribution in [0.25, 0.3) is 0 Å². The van der Waals surface area contributed by atoms with Crippen LogP contribution in [0.5, 0.6) is 5.75 Å². The first-order chi connectivity index (χ1) is 9.78. The molecule has 0 aromatic heterocycles. The normalized spacial score (nSPS) is 17.6. The van der Waals surface area contributed by atoms with Crippen LogP contribution in [-0.4, -0.2) is 13.7 Å². The van der Waals surface area contributed by atoms with Crippen molar-refractivity contribution < 1.29 is 4.74 Å². The summed E-state index contributed by atoms with van der Waals surface area (Å²) in [5.74, 6) is 0.910. The van der Waals surface area contributed by atoms with Crippen LogP contribution in [-0.2, 0) is 12.8 Å². The van der Waals surface area contributed by atoms with Crippen LogP contribution in [0.2, 0.25) is 0 Å². The predicted molar refractivity (Wildman–Crippen MR) is 85.3 cm³/mol. The Morgan fingerprint density at radius 1 is 1.25 bits per heavy atom. The highest BCUT2D eigenvalue weighted by Gasteiger charge is 2.20. The first-order valence-electron chi connectivity index (χ1n) is 6.91. The van der Waals surface area contributed by atoms with Crippen LogP contribution >= 0.6 is 15.9 Å². The third kappa shape index (κ3) is 2.74. The highest BCUT2D eigenvalue weighted by molar-refractivity contribution is 9.10. The third-order valence-corrected chi connectivity index (χ3v) is 4.67. The van der Waals surface area contributed by atoms with Crippen molar-refractivity contribution in [3.05, 3.63) is 63.6 Å². The summed E-state index contributed by atoms with van der Waals surface area (Å²) in [7, 11) is 1.71. The second-order valence-electron chi connectivity index (χ2n) is 5.12. The summed E-state index contributed by atoms with van der Waals surface area (Å²) in [6.07, 6.45) is 2.08. The summed E-state index contributed by atoms with van der Waals surface area (Å²) in [4.78, 5) is 0. The summed E-state index contributed by atoms with van der Waals surface area (Å²) in [5, 5.41) is 3.63. The molecule has 1 N–H and O–H groups in total. The molecule has 1 unspecified atom stereocenters. The molecule has 1 heterocycles. The van der Waals surface area contributed by atoms with Gasteiger partial charge in [0.05, 0.1) is 7.11 Å². The van der Waals surface area contributed by atoms with E-state index in [-0.39, 0.29) is 0 Å². The third-order valence-electron chi connectivity index (χ3n) is 3.89. The molecular weight excluding hydrogens is 314 g/mol. The van der Waals surface area contributed by atoms with E-state index in [1.807, 2.05) is 6.07 Å². The van der Waals surface area contributed by atoms with Crippen molar-refractivity contribution in [1.29, 1.82) is 0 Å². The molecule has 1 aliphatic rings. The van der Waals surface area contributed by atoms with Crippen LogP contribution in [0, 0.1) is 0 Å². The number of halogens is 1. The number of fused-ring (bicyclic) bond motifs is 1. The summed E-state index contributed by atoms with van der Waals surface area (Å²) in [6.45, 7) is 1.04. The summed E-state index contributed by atoms with van der Waals surface area (Å²) in [5.41, 5.74) is 4.17. The van der Waals surface area contributed by atoms with Crippen LogP contribution in [0.3, 0.4) is 0 Å².